The molecule has 3 rings (SSSR count). The number of hydrogen-bond donors (Lipinski definition) is 0. The summed E-state index contributed by atoms with van der Waals surface area (Å²) in [7, 11) is -11.0. The van der Waals surface area contributed by atoms with Gasteiger partial charge in [0.05, 0.1) is 31.6 Å². The molecule has 15 heteroatoms. The van der Waals surface area contributed by atoms with Crippen molar-refractivity contribution in [3.63, 3.8) is 0 Å². The molecular formula is C26H24F9O4S2+. The van der Waals surface area contributed by atoms with E-state index in [4.69, 9.17) is 4.74 Å². The van der Waals surface area contributed by atoms with E-state index in [1.54, 1.807) is 0 Å². The molecule has 3 aromatic rings. The SMILES string of the molecule is CCCCOc1ccc(S([OH+]S(=O)(=O)C(F)(F)C(F)(F)C(F)(F)C(F)(F)F)(c2ccccc2)c2ccccc2)cc1. The van der Waals surface area contributed by atoms with Crippen LogP contribution in [0.4, 0.5) is 39.5 Å². The smallest absolute Gasteiger partial charge is 0.486 e. The van der Waals surface area contributed by atoms with Crippen LogP contribution in [0.25, 0.3) is 0 Å². The Hall–Kier alpha value is -2.91. The van der Waals surface area contributed by atoms with Crippen LogP contribution in [0, 0.1) is 0 Å². The Kier molecular flexibility index (Phi) is 9.35. The molecule has 0 aliphatic carbocycles. The van der Waals surface area contributed by atoms with Crippen molar-refractivity contribution in [3.05, 3.63) is 84.9 Å². The van der Waals surface area contributed by atoms with E-state index in [1.165, 1.54) is 84.9 Å². The zero-order valence-corrected chi connectivity index (χ0v) is 22.7. The fourth-order valence-corrected chi connectivity index (χ4v) is 9.04. The molecule has 4 nitrogen and oxygen atoms in total. The van der Waals surface area contributed by atoms with Gasteiger partial charge in [-0.05, 0) is 55.0 Å². The fraction of sp³-hybridized carbons (Fsp3) is 0.308. The third kappa shape index (κ3) is 5.89. The Balaban J connectivity index is 2.28. The van der Waals surface area contributed by atoms with E-state index in [1.807, 2.05) is 6.92 Å². The summed E-state index contributed by atoms with van der Waals surface area (Å²) in [6.07, 6.45) is -5.72. The maximum Gasteiger partial charge on any atom is 0.486 e. The molecule has 0 heterocycles. The van der Waals surface area contributed by atoms with Gasteiger partial charge in [-0.2, -0.15) is 39.5 Å². The maximum atomic E-state index is 14.9. The van der Waals surface area contributed by atoms with Crippen LogP contribution in [0.1, 0.15) is 19.8 Å². The second kappa shape index (κ2) is 11.8. The average molecular weight is 636 g/mol. The van der Waals surface area contributed by atoms with E-state index >= 15 is 0 Å². The summed E-state index contributed by atoms with van der Waals surface area (Å²) in [5.74, 6) is -14.6. The second-order valence-electron chi connectivity index (χ2n) is 8.59. The molecule has 0 aliphatic heterocycles. The molecule has 0 fully saturated rings. The third-order valence-corrected chi connectivity index (χ3v) is 11.2. The molecule has 226 valence electrons. The van der Waals surface area contributed by atoms with Crippen LogP contribution in [0.5, 0.6) is 5.75 Å². The largest absolute Gasteiger partial charge is 0.494 e. The first-order valence-electron chi connectivity index (χ1n) is 11.8. The lowest BCUT2D eigenvalue weighted by molar-refractivity contribution is -0.382. The molecule has 0 aromatic heterocycles. The highest BCUT2D eigenvalue weighted by molar-refractivity contribution is 8.32. The fourth-order valence-electron chi connectivity index (χ4n) is 3.56. The Morgan fingerprint density at radius 3 is 1.51 bits per heavy atom. The van der Waals surface area contributed by atoms with Crippen molar-refractivity contribution in [3.8, 4) is 5.75 Å². The van der Waals surface area contributed by atoms with Crippen molar-refractivity contribution >= 4 is 20.4 Å². The van der Waals surface area contributed by atoms with E-state index in [2.05, 4.69) is 3.63 Å². The zero-order chi connectivity index (χ0) is 30.7. The molecule has 1 N–H and O–H groups in total. The molecule has 0 atom stereocenters. The second-order valence-corrected chi connectivity index (χ2v) is 13.2. The van der Waals surface area contributed by atoms with Crippen molar-refractivity contribution < 1.29 is 56.3 Å². The standard InChI is InChI=1S/C26H23F9O4S2/c1-2-3-18-38-19-14-16-22(17-15-19)40(20-10-6-4-7-11-20,21-12-8-5-9-13-21)39-41(36,37)26(34,35)24(29,30)23(27,28)25(31,32)33/h4-17H,2-3,18H2,1H3/p+1. The van der Waals surface area contributed by atoms with Gasteiger partial charge in [-0.3, -0.25) is 3.63 Å². The van der Waals surface area contributed by atoms with Gasteiger partial charge in [0.1, 0.15) is 5.75 Å². The molecule has 0 saturated carbocycles. The van der Waals surface area contributed by atoms with Gasteiger partial charge >= 0.3 is 33.4 Å². The van der Waals surface area contributed by atoms with Crippen molar-refractivity contribution in [1.29, 1.82) is 0 Å². The van der Waals surface area contributed by atoms with Crippen molar-refractivity contribution in [2.24, 2.45) is 0 Å². The van der Waals surface area contributed by atoms with E-state index in [-0.39, 0.29) is 20.4 Å². The normalized spacial score (nSPS) is 14.1. The van der Waals surface area contributed by atoms with Crippen LogP contribution < -0.4 is 4.74 Å². The van der Waals surface area contributed by atoms with Crippen molar-refractivity contribution in [2.45, 2.75) is 57.7 Å². The number of alkyl halides is 9. The van der Waals surface area contributed by atoms with E-state index < -0.39 is 43.7 Å². The minimum absolute atomic E-state index is 0.115. The Morgan fingerprint density at radius 1 is 0.659 bits per heavy atom. The first kappa shape index (κ1) is 32.6. The number of ether oxygens (including phenoxy) is 1. The minimum Gasteiger partial charge on any atom is -0.494 e. The highest BCUT2D eigenvalue weighted by Gasteiger charge is 2.88. The minimum atomic E-state index is -7.42. The lowest BCUT2D eigenvalue weighted by Gasteiger charge is -2.37. The molecule has 0 amide bonds. The van der Waals surface area contributed by atoms with Crippen molar-refractivity contribution in [1.82, 2.24) is 0 Å². The third-order valence-electron chi connectivity index (χ3n) is 5.75. The summed E-state index contributed by atoms with van der Waals surface area (Å²) in [5, 5.41) is -6.98. The van der Waals surface area contributed by atoms with Gasteiger partial charge in [0, 0.05) is 0 Å². The van der Waals surface area contributed by atoms with E-state index in [0.29, 0.717) is 13.0 Å². The number of hydrogen-bond acceptors (Lipinski definition) is 3. The summed E-state index contributed by atoms with van der Waals surface area (Å²) in [5.41, 5.74) is 0. The summed E-state index contributed by atoms with van der Waals surface area (Å²) >= 11 is 0. The molecule has 41 heavy (non-hydrogen) atoms. The van der Waals surface area contributed by atoms with Gasteiger partial charge in [-0.1, -0.05) is 49.7 Å². The Morgan fingerprint density at radius 2 is 1.10 bits per heavy atom. The predicted octanol–water partition coefficient (Wildman–Crippen LogP) is 8.91. The van der Waals surface area contributed by atoms with Gasteiger partial charge in [0.2, 0.25) is 0 Å². The van der Waals surface area contributed by atoms with Gasteiger partial charge in [0.25, 0.3) is 0 Å². The first-order chi connectivity index (χ1) is 19.0. The van der Waals surface area contributed by atoms with Crippen LogP contribution in [-0.4, -0.2) is 41.9 Å². The van der Waals surface area contributed by atoms with Crippen LogP contribution in [0.15, 0.2) is 99.6 Å². The monoisotopic (exact) mass is 635 g/mol. The van der Waals surface area contributed by atoms with Crippen LogP contribution in [-0.2, 0) is 10.1 Å². The zero-order valence-electron chi connectivity index (χ0n) is 21.1. The van der Waals surface area contributed by atoms with Crippen LogP contribution in [0.2, 0.25) is 0 Å². The van der Waals surface area contributed by atoms with Crippen LogP contribution in [0.3, 0.4) is 0 Å². The van der Waals surface area contributed by atoms with Crippen LogP contribution >= 0.6 is 10.3 Å². The molecule has 0 aliphatic rings. The number of rotatable bonds is 12. The summed E-state index contributed by atoms with van der Waals surface area (Å²) in [6.45, 7) is 2.22. The number of unbranched alkanes of at least 4 members (excludes halogenated alkanes) is 1. The lowest BCUT2D eigenvalue weighted by Crippen LogP contribution is -2.63. The molecule has 0 radical (unpaired) electrons. The maximum absolute atomic E-state index is 14.9. The quantitative estimate of drug-likeness (QED) is 0.0865. The molecule has 3 aromatic carbocycles. The average Bonchev–Trinajstić information content (AvgIpc) is 2.92. The van der Waals surface area contributed by atoms with Gasteiger partial charge in [-0.15, -0.1) is 8.42 Å². The van der Waals surface area contributed by atoms with E-state index in [0.717, 1.165) is 6.42 Å². The number of halogens is 9. The van der Waals surface area contributed by atoms with E-state index in [9.17, 15) is 47.9 Å². The Bertz CT molecular complexity index is 1360. The molecule has 0 unspecified atom stereocenters. The highest BCUT2D eigenvalue weighted by Crippen LogP contribution is 2.69. The highest BCUT2D eigenvalue weighted by atomic mass is 32.3. The molecule has 0 saturated heterocycles. The molecular weight excluding hydrogens is 611 g/mol. The van der Waals surface area contributed by atoms with Gasteiger partial charge in [0.15, 0.2) is 0 Å². The van der Waals surface area contributed by atoms with Gasteiger partial charge < -0.3 is 4.74 Å². The topological polar surface area (TPSA) is 56.2 Å². The molecule has 0 bridgehead atoms. The predicted molar refractivity (Wildman–Crippen MR) is 135 cm³/mol. The van der Waals surface area contributed by atoms with Crippen molar-refractivity contribution in [2.75, 3.05) is 6.61 Å². The summed E-state index contributed by atoms with van der Waals surface area (Å²) < 4.78 is 158. The first-order valence-corrected chi connectivity index (χ1v) is 14.8. The molecule has 0 spiro atoms. The van der Waals surface area contributed by atoms with Gasteiger partial charge in [-0.25, -0.2) is 0 Å². The Labute approximate surface area is 231 Å². The number of benzene rings is 3. The lowest BCUT2D eigenvalue weighted by atomic mass is 10.1. The summed E-state index contributed by atoms with van der Waals surface area (Å²) in [6, 6.07) is 18.5. The summed E-state index contributed by atoms with van der Waals surface area (Å²) in [4.78, 5) is -0.365.